The van der Waals surface area contributed by atoms with Crippen LogP contribution in [0.15, 0.2) is 41.0 Å². The van der Waals surface area contributed by atoms with Gasteiger partial charge in [0.25, 0.3) is 0 Å². The molecule has 20 heavy (non-hydrogen) atoms. The topological polar surface area (TPSA) is 66.8 Å². The Labute approximate surface area is 118 Å². The molecule has 0 saturated carbocycles. The van der Waals surface area contributed by atoms with Gasteiger partial charge < -0.3 is 24.4 Å². The Morgan fingerprint density at radius 3 is 2.10 bits per heavy atom. The number of rotatable bonds is 6. The Hall–Kier alpha value is -2.14. The molecule has 1 heterocycles. The Bertz CT molecular complexity index is 515. The molecule has 5 nitrogen and oxygen atoms in total. The summed E-state index contributed by atoms with van der Waals surface area (Å²) in [6.45, 7) is 1.87. The minimum Gasteiger partial charge on any atom is -0.496 e. The maximum atomic E-state index is 5.97. The molecule has 0 fully saturated rings. The summed E-state index contributed by atoms with van der Waals surface area (Å²) in [6, 6.07) is 8.76. The van der Waals surface area contributed by atoms with Crippen LogP contribution in [-0.2, 0) is 0 Å². The second kappa shape index (κ2) is 6.34. The van der Waals surface area contributed by atoms with Crippen LogP contribution in [0.5, 0.6) is 17.2 Å². The highest BCUT2D eigenvalue weighted by Gasteiger charge is 2.21. The maximum absolute atomic E-state index is 5.97. The highest BCUT2D eigenvalue weighted by Crippen LogP contribution is 2.31. The molecular formula is C15H19NO4. The van der Waals surface area contributed by atoms with Gasteiger partial charge in [-0.15, -0.1) is 0 Å². The number of furan rings is 1. The molecule has 1 aromatic carbocycles. The largest absolute Gasteiger partial charge is 0.496 e. The molecule has 2 N–H and O–H groups in total. The van der Waals surface area contributed by atoms with E-state index in [4.69, 9.17) is 24.4 Å². The molecule has 108 valence electrons. The minimum atomic E-state index is -0.373. The molecule has 2 rings (SSSR count). The fraction of sp³-hybridized carbons (Fsp3) is 0.333. The van der Waals surface area contributed by atoms with Crippen LogP contribution < -0.4 is 19.9 Å². The van der Waals surface area contributed by atoms with Crippen molar-refractivity contribution in [2.75, 3.05) is 14.2 Å². The molecule has 0 aliphatic carbocycles. The molecule has 2 unspecified atom stereocenters. The number of methoxy groups -OCH3 is 2. The smallest absolute Gasteiger partial charge is 0.171 e. The van der Waals surface area contributed by atoms with Crippen LogP contribution >= 0.6 is 0 Å². The highest BCUT2D eigenvalue weighted by molar-refractivity contribution is 5.42. The van der Waals surface area contributed by atoms with Gasteiger partial charge in [-0.05, 0) is 19.1 Å². The lowest BCUT2D eigenvalue weighted by Crippen LogP contribution is -2.28. The first-order chi connectivity index (χ1) is 9.63. The SMILES string of the molecule is COc1cc(OC)cc(OC(c2ccco2)C(C)N)c1. The molecule has 2 atom stereocenters. The van der Waals surface area contributed by atoms with Crippen molar-refractivity contribution in [1.82, 2.24) is 0 Å². The molecule has 0 aliphatic rings. The van der Waals surface area contributed by atoms with Gasteiger partial charge in [-0.1, -0.05) is 0 Å². The zero-order valence-electron chi connectivity index (χ0n) is 11.8. The fourth-order valence-electron chi connectivity index (χ4n) is 1.87. The Morgan fingerprint density at radius 2 is 1.65 bits per heavy atom. The lowest BCUT2D eigenvalue weighted by Gasteiger charge is -2.21. The second-order valence-electron chi connectivity index (χ2n) is 4.46. The fourth-order valence-corrected chi connectivity index (χ4v) is 1.87. The third-order valence-corrected chi connectivity index (χ3v) is 2.89. The third kappa shape index (κ3) is 3.24. The summed E-state index contributed by atoms with van der Waals surface area (Å²) in [5.74, 6) is 2.60. The van der Waals surface area contributed by atoms with Crippen LogP contribution in [0, 0.1) is 0 Å². The van der Waals surface area contributed by atoms with Crippen molar-refractivity contribution in [2.24, 2.45) is 5.73 Å². The molecule has 0 bridgehead atoms. The minimum absolute atomic E-state index is 0.224. The van der Waals surface area contributed by atoms with Crippen LogP contribution in [0.1, 0.15) is 18.8 Å². The molecule has 2 aromatic rings. The zero-order valence-corrected chi connectivity index (χ0v) is 11.8. The standard InChI is InChI=1S/C15H19NO4/c1-10(16)15(14-5-4-6-19-14)20-13-8-11(17-2)7-12(9-13)18-3/h4-10,15H,16H2,1-3H3. The van der Waals surface area contributed by atoms with E-state index in [-0.39, 0.29) is 12.1 Å². The van der Waals surface area contributed by atoms with Gasteiger partial charge in [0, 0.05) is 24.2 Å². The van der Waals surface area contributed by atoms with E-state index >= 15 is 0 Å². The van der Waals surface area contributed by atoms with Gasteiger partial charge in [-0.3, -0.25) is 0 Å². The summed E-state index contributed by atoms with van der Waals surface area (Å²) < 4.78 is 21.7. The van der Waals surface area contributed by atoms with Crippen LogP contribution in [0.3, 0.4) is 0 Å². The van der Waals surface area contributed by atoms with E-state index in [1.54, 1.807) is 44.7 Å². The summed E-state index contributed by atoms with van der Waals surface area (Å²) in [4.78, 5) is 0. The summed E-state index contributed by atoms with van der Waals surface area (Å²) in [7, 11) is 3.18. The third-order valence-electron chi connectivity index (χ3n) is 2.89. The summed E-state index contributed by atoms with van der Waals surface area (Å²) in [5, 5.41) is 0. The van der Waals surface area contributed by atoms with Gasteiger partial charge in [0.1, 0.15) is 23.0 Å². The Morgan fingerprint density at radius 1 is 1.05 bits per heavy atom. The Balaban J connectivity index is 2.26. The average Bonchev–Trinajstić information content (AvgIpc) is 2.97. The van der Waals surface area contributed by atoms with Crippen molar-refractivity contribution in [1.29, 1.82) is 0 Å². The van der Waals surface area contributed by atoms with E-state index in [0.717, 1.165) is 0 Å². The van der Waals surface area contributed by atoms with Gasteiger partial charge in [-0.2, -0.15) is 0 Å². The van der Waals surface area contributed by atoms with E-state index in [9.17, 15) is 0 Å². The van der Waals surface area contributed by atoms with Crippen LogP contribution in [0.25, 0.3) is 0 Å². The molecule has 0 amide bonds. The molecule has 0 aliphatic heterocycles. The van der Waals surface area contributed by atoms with Gasteiger partial charge in [-0.25, -0.2) is 0 Å². The van der Waals surface area contributed by atoms with E-state index in [1.807, 2.05) is 13.0 Å². The monoisotopic (exact) mass is 277 g/mol. The van der Waals surface area contributed by atoms with Crippen molar-refractivity contribution in [3.63, 3.8) is 0 Å². The quantitative estimate of drug-likeness (QED) is 0.879. The van der Waals surface area contributed by atoms with Crippen molar-refractivity contribution >= 4 is 0 Å². The second-order valence-corrected chi connectivity index (χ2v) is 4.46. The van der Waals surface area contributed by atoms with Crippen molar-refractivity contribution in [3.8, 4) is 17.2 Å². The van der Waals surface area contributed by atoms with E-state index in [2.05, 4.69) is 0 Å². The zero-order chi connectivity index (χ0) is 14.5. The van der Waals surface area contributed by atoms with Crippen LogP contribution in [-0.4, -0.2) is 20.3 Å². The van der Waals surface area contributed by atoms with Crippen molar-refractivity contribution < 1.29 is 18.6 Å². The number of hydrogen-bond acceptors (Lipinski definition) is 5. The summed E-state index contributed by atoms with van der Waals surface area (Å²) in [5.41, 5.74) is 5.97. The van der Waals surface area contributed by atoms with Crippen molar-refractivity contribution in [3.05, 3.63) is 42.4 Å². The first-order valence-corrected chi connectivity index (χ1v) is 6.32. The lowest BCUT2D eigenvalue weighted by molar-refractivity contribution is 0.152. The molecular weight excluding hydrogens is 258 g/mol. The number of nitrogens with two attached hydrogens (primary N) is 1. The summed E-state index contributed by atoms with van der Waals surface area (Å²) >= 11 is 0. The first-order valence-electron chi connectivity index (χ1n) is 6.32. The van der Waals surface area contributed by atoms with E-state index < -0.39 is 0 Å². The number of benzene rings is 1. The first kappa shape index (κ1) is 14.3. The van der Waals surface area contributed by atoms with Crippen molar-refractivity contribution in [2.45, 2.75) is 19.1 Å². The van der Waals surface area contributed by atoms with E-state index in [0.29, 0.717) is 23.0 Å². The molecule has 0 spiro atoms. The maximum Gasteiger partial charge on any atom is 0.171 e. The van der Waals surface area contributed by atoms with Crippen LogP contribution in [0.4, 0.5) is 0 Å². The summed E-state index contributed by atoms with van der Waals surface area (Å²) in [6.07, 6.45) is 1.22. The van der Waals surface area contributed by atoms with Gasteiger partial charge in [0.05, 0.1) is 20.5 Å². The Kier molecular flexibility index (Phi) is 4.53. The lowest BCUT2D eigenvalue weighted by atomic mass is 10.1. The normalized spacial score (nSPS) is 13.6. The average molecular weight is 277 g/mol. The number of ether oxygens (including phenoxy) is 3. The molecule has 0 radical (unpaired) electrons. The van der Waals surface area contributed by atoms with Crippen LogP contribution in [0.2, 0.25) is 0 Å². The van der Waals surface area contributed by atoms with Gasteiger partial charge >= 0.3 is 0 Å². The molecule has 0 saturated heterocycles. The van der Waals surface area contributed by atoms with E-state index in [1.165, 1.54) is 0 Å². The predicted octanol–water partition coefficient (Wildman–Crippen LogP) is 2.76. The molecule has 1 aromatic heterocycles. The number of hydrogen-bond donors (Lipinski definition) is 1. The van der Waals surface area contributed by atoms with Gasteiger partial charge in [0.2, 0.25) is 0 Å². The molecule has 5 heteroatoms. The highest BCUT2D eigenvalue weighted by atomic mass is 16.5. The van der Waals surface area contributed by atoms with Gasteiger partial charge in [0.15, 0.2) is 6.10 Å². The predicted molar refractivity (Wildman–Crippen MR) is 75.3 cm³/mol.